The van der Waals surface area contributed by atoms with Crippen molar-refractivity contribution in [1.82, 2.24) is 0 Å². The van der Waals surface area contributed by atoms with Crippen molar-refractivity contribution in [2.75, 3.05) is 5.73 Å². The summed E-state index contributed by atoms with van der Waals surface area (Å²) in [7, 11) is 0. The van der Waals surface area contributed by atoms with E-state index in [1.54, 1.807) is 6.07 Å². The van der Waals surface area contributed by atoms with E-state index in [0.717, 1.165) is 17.7 Å². The molecule has 0 aromatic heterocycles. The Labute approximate surface area is 117 Å². The fourth-order valence-corrected chi connectivity index (χ4v) is 2.46. The Morgan fingerprint density at radius 1 is 1.15 bits per heavy atom. The van der Waals surface area contributed by atoms with Gasteiger partial charge in [-0.25, -0.2) is 8.78 Å². The predicted octanol–water partition coefficient (Wildman–Crippen LogP) is 3.75. The van der Waals surface area contributed by atoms with E-state index < -0.39 is 16.6 Å². The maximum atomic E-state index is 13.0. The molecule has 7 heteroatoms. The number of anilines is 1. The number of nitrogens with zero attached hydrogens (tertiary/aromatic N) is 1. The SMILES string of the molecule is Nc1cc(CSc2ccc(F)c(F)c2)ccc1[N+](=O)[O-]. The number of nitro benzene ring substituents is 1. The smallest absolute Gasteiger partial charge is 0.292 e. The van der Waals surface area contributed by atoms with Gasteiger partial charge in [-0.1, -0.05) is 6.07 Å². The molecular weight excluding hydrogens is 286 g/mol. The van der Waals surface area contributed by atoms with Crippen LogP contribution in [0.15, 0.2) is 41.3 Å². The standard InChI is InChI=1S/C13H10F2N2O2S/c14-10-3-2-9(6-11(10)15)20-7-8-1-4-13(17(18)19)12(16)5-8/h1-6H,7,16H2. The van der Waals surface area contributed by atoms with Crippen molar-refractivity contribution in [2.45, 2.75) is 10.6 Å². The number of hydrogen-bond acceptors (Lipinski definition) is 4. The highest BCUT2D eigenvalue weighted by Gasteiger charge is 2.11. The Morgan fingerprint density at radius 2 is 1.90 bits per heavy atom. The van der Waals surface area contributed by atoms with Gasteiger partial charge in [-0.3, -0.25) is 10.1 Å². The van der Waals surface area contributed by atoms with Gasteiger partial charge in [-0.05, 0) is 29.8 Å². The molecule has 0 radical (unpaired) electrons. The minimum atomic E-state index is -0.904. The molecule has 0 aliphatic carbocycles. The van der Waals surface area contributed by atoms with Gasteiger partial charge < -0.3 is 5.73 Å². The van der Waals surface area contributed by atoms with E-state index in [4.69, 9.17) is 5.73 Å². The van der Waals surface area contributed by atoms with Crippen LogP contribution in [0.4, 0.5) is 20.2 Å². The molecule has 20 heavy (non-hydrogen) atoms. The van der Waals surface area contributed by atoms with Crippen LogP contribution in [-0.2, 0) is 5.75 Å². The summed E-state index contributed by atoms with van der Waals surface area (Å²) in [6.07, 6.45) is 0. The van der Waals surface area contributed by atoms with Crippen LogP contribution in [0.2, 0.25) is 0 Å². The van der Waals surface area contributed by atoms with Crippen LogP contribution in [-0.4, -0.2) is 4.92 Å². The van der Waals surface area contributed by atoms with Gasteiger partial charge in [0, 0.05) is 16.7 Å². The van der Waals surface area contributed by atoms with Crippen molar-refractivity contribution in [3.8, 4) is 0 Å². The lowest BCUT2D eigenvalue weighted by atomic mass is 10.2. The summed E-state index contributed by atoms with van der Waals surface area (Å²) in [4.78, 5) is 10.6. The second-order valence-corrected chi connectivity index (χ2v) is 5.06. The molecule has 2 N–H and O–H groups in total. The molecular formula is C13H10F2N2O2S. The van der Waals surface area contributed by atoms with Crippen molar-refractivity contribution in [3.05, 3.63) is 63.7 Å². The summed E-state index contributed by atoms with van der Waals surface area (Å²) in [5.41, 5.74) is 6.28. The minimum absolute atomic E-state index is 0.0818. The molecule has 2 aromatic rings. The van der Waals surface area contributed by atoms with Gasteiger partial charge in [0.1, 0.15) is 5.69 Å². The fourth-order valence-electron chi connectivity index (χ4n) is 1.59. The summed E-state index contributed by atoms with van der Waals surface area (Å²) in [6, 6.07) is 8.05. The molecule has 0 bridgehead atoms. The lowest BCUT2D eigenvalue weighted by Crippen LogP contribution is -1.96. The highest BCUT2D eigenvalue weighted by atomic mass is 32.2. The van der Waals surface area contributed by atoms with Crippen LogP contribution >= 0.6 is 11.8 Å². The third-order valence-electron chi connectivity index (χ3n) is 2.59. The van der Waals surface area contributed by atoms with Gasteiger partial charge in [-0.2, -0.15) is 0 Å². The summed E-state index contributed by atoms with van der Waals surface area (Å²) < 4.78 is 25.8. The average molecular weight is 296 g/mol. The zero-order valence-corrected chi connectivity index (χ0v) is 11.0. The Bertz CT molecular complexity index is 665. The van der Waals surface area contributed by atoms with E-state index in [2.05, 4.69) is 0 Å². The first-order valence-corrected chi connectivity index (χ1v) is 6.56. The third kappa shape index (κ3) is 3.24. The first-order valence-electron chi connectivity index (χ1n) is 5.58. The van der Waals surface area contributed by atoms with Gasteiger partial charge in [0.05, 0.1) is 4.92 Å². The quantitative estimate of drug-likeness (QED) is 0.404. The number of nitro groups is 1. The molecule has 0 saturated carbocycles. The molecule has 0 aliphatic rings. The van der Waals surface area contributed by atoms with Crippen molar-refractivity contribution in [2.24, 2.45) is 0 Å². The lowest BCUT2D eigenvalue weighted by molar-refractivity contribution is -0.383. The average Bonchev–Trinajstić information content (AvgIpc) is 2.40. The van der Waals surface area contributed by atoms with Gasteiger partial charge >= 0.3 is 0 Å². The Morgan fingerprint density at radius 3 is 2.50 bits per heavy atom. The molecule has 0 atom stereocenters. The van der Waals surface area contributed by atoms with Crippen molar-refractivity contribution in [1.29, 1.82) is 0 Å². The molecule has 0 spiro atoms. The highest BCUT2D eigenvalue weighted by molar-refractivity contribution is 7.98. The van der Waals surface area contributed by atoms with Crippen molar-refractivity contribution >= 4 is 23.1 Å². The molecule has 0 amide bonds. The van der Waals surface area contributed by atoms with Crippen LogP contribution in [0.3, 0.4) is 0 Å². The topological polar surface area (TPSA) is 69.2 Å². The van der Waals surface area contributed by atoms with E-state index in [1.807, 2.05) is 0 Å². The third-order valence-corrected chi connectivity index (χ3v) is 3.65. The highest BCUT2D eigenvalue weighted by Crippen LogP contribution is 2.28. The monoisotopic (exact) mass is 296 g/mol. The zero-order valence-electron chi connectivity index (χ0n) is 10.2. The van der Waals surface area contributed by atoms with E-state index >= 15 is 0 Å². The van der Waals surface area contributed by atoms with Gasteiger partial charge in [0.2, 0.25) is 0 Å². The first-order chi connectivity index (χ1) is 9.47. The Hall–Kier alpha value is -2.15. The van der Waals surface area contributed by atoms with Crippen LogP contribution in [0.1, 0.15) is 5.56 Å². The molecule has 0 saturated heterocycles. The summed E-state index contributed by atoms with van der Waals surface area (Å²) in [6.45, 7) is 0. The number of nitrogens with two attached hydrogens (primary N) is 1. The normalized spacial score (nSPS) is 10.5. The molecule has 0 fully saturated rings. The lowest BCUT2D eigenvalue weighted by Gasteiger charge is -2.04. The van der Waals surface area contributed by atoms with Crippen molar-refractivity contribution in [3.63, 3.8) is 0 Å². The summed E-state index contributed by atoms with van der Waals surface area (Å²) >= 11 is 1.29. The maximum absolute atomic E-state index is 13.0. The predicted molar refractivity (Wildman–Crippen MR) is 73.4 cm³/mol. The molecule has 0 aliphatic heterocycles. The second-order valence-electron chi connectivity index (χ2n) is 4.01. The van der Waals surface area contributed by atoms with Gasteiger partial charge in [-0.15, -0.1) is 11.8 Å². The zero-order chi connectivity index (χ0) is 14.7. The minimum Gasteiger partial charge on any atom is -0.393 e. The molecule has 2 aromatic carbocycles. The molecule has 0 unspecified atom stereocenters. The first kappa shape index (κ1) is 14.3. The van der Waals surface area contributed by atoms with Gasteiger partial charge in [0.15, 0.2) is 11.6 Å². The molecule has 2 rings (SSSR count). The van der Waals surface area contributed by atoms with Crippen LogP contribution in [0, 0.1) is 21.7 Å². The summed E-state index contributed by atoms with van der Waals surface area (Å²) in [5, 5.41) is 10.6. The van der Waals surface area contributed by atoms with Crippen LogP contribution in [0.5, 0.6) is 0 Å². The van der Waals surface area contributed by atoms with Crippen LogP contribution in [0.25, 0.3) is 0 Å². The largest absolute Gasteiger partial charge is 0.393 e. The fraction of sp³-hybridized carbons (Fsp3) is 0.0769. The van der Waals surface area contributed by atoms with Crippen LogP contribution < -0.4 is 5.73 Å². The number of hydrogen-bond donors (Lipinski definition) is 1. The number of benzene rings is 2. The number of rotatable bonds is 4. The maximum Gasteiger partial charge on any atom is 0.292 e. The van der Waals surface area contributed by atoms with Gasteiger partial charge in [0.25, 0.3) is 5.69 Å². The molecule has 0 heterocycles. The van der Waals surface area contributed by atoms with Crippen molar-refractivity contribution < 1.29 is 13.7 Å². The number of halogens is 2. The van der Waals surface area contributed by atoms with E-state index in [9.17, 15) is 18.9 Å². The summed E-state index contributed by atoms with van der Waals surface area (Å²) in [5.74, 6) is -1.35. The van der Waals surface area contributed by atoms with E-state index in [-0.39, 0.29) is 11.4 Å². The Kier molecular flexibility index (Phi) is 4.19. The number of nitrogen functional groups attached to an aromatic ring is 1. The molecule has 104 valence electrons. The second kappa shape index (κ2) is 5.87. The van der Waals surface area contributed by atoms with E-state index in [1.165, 1.54) is 30.0 Å². The molecule has 4 nitrogen and oxygen atoms in total. The van der Waals surface area contributed by atoms with E-state index in [0.29, 0.717) is 10.6 Å². The Balaban J connectivity index is 2.09. The number of thioether (sulfide) groups is 1.